The second kappa shape index (κ2) is 8.96. The van der Waals surface area contributed by atoms with E-state index in [0.29, 0.717) is 43.1 Å². The number of sulfonamides is 1. The average molecular weight is 457 g/mol. The minimum Gasteiger partial charge on any atom is -0.490 e. The molecule has 3 aromatic rings. The van der Waals surface area contributed by atoms with Gasteiger partial charge in [0.25, 0.3) is 0 Å². The van der Waals surface area contributed by atoms with Crippen LogP contribution in [0.15, 0.2) is 57.8 Å². The zero-order valence-electron chi connectivity index (χ0n) is 18.5. The lowest BCUT2D eigenvalue weighted by molar-refractivity contribution is -0.125. The summed E-state index contributed by atoms with van der Waals surface area (Å²) in [6, 6.07) is 13.1. The molecule has 1 aromatic heterocycles. The van der Waals surface area contributed by atoms with Crippen molar-refractivity contribution in [2.75, 3.05) is 13.2 Å². The number of aryl methyl sites for hydroxylation is 1. The lowest BCUT2D eigenvalue weighted by Gasteiger charge is -2.24. The fraction of sp³-hybridized carbons (Fsp3) is 0.375. The quantitative estimate of drug-likeness (QED) is 0.576. The third-order valence-electron chi connectivity index (χ3n) is 5.75. The molecule has 1 aliphatic rings. The maximum Gasteiger partial charge on any atom is 0.243 e. The maximum atomic E-state index is 13.1. The molecule has 2 aromatic carbocycles. The smallest absolute Gasteiger partial charge is 0.243 e. The summed E-state index contributed by atoms with van der Waals surface area (Å²) < 4.78 is 39.2. The minimum atomic E-state index is -3.75. The van der Waals surface area contributed by atoms with Gasteiger partial charge in [0.05, 0.1) is 17.5 Å². The number of carbonyl (C=O) groups excluding carboxylic acids is 1. The van der Waals surface area contributed by atoms with Crippen LogP contribution < -0.4 is 10.1 Å². The second-order valence-electron chi connectivity index (χ2n) is 8.07. The van der Waals surface area contributed by atoms with Gasteiger partial charge in [-0.05, 0) is 57.9 Å². The molecule has 1 N–H and O–H groups in total. The fourth-order valence-electron chi connectivity index (χ4n) is 4.06. The van der Waals surface area contributed by atoms with E-state index < -0.39 is 22.1 Å². The molecule has 0 bridgehead atoms. The first kappa shape index (κ1) is 22.4. The van der Waals surface area contributed by atoms with Crippen molar-refractivity contribution in [1.29, 1.82) is 0 Å². The molecule has 1 aliphatic heterocycles. The second-order valence-corrected chi connectivity index (χ2v) is 9.96. The summed E-state index contributed by atoms with van der Waals surface area (Å²) >= 11 is 0. The molecule has 0 aliphatic carbocycles. The number of para-hydroxylation sites is 1. The zero-order chi connectivity index (χ0) is 22.9. The largest absolute Gasteiger partial charge is 0.490 e. The van der Waals surface area contributed by atoms with Crippen molar-refractivity contribution in [2.45, 2.75) is 50.6 Å². The minimum absolute atomic E-state index is 0.205. The third-order valence-corrected chi connectivity index (χ3v) is 7.67. The highest BCUT2D eigenvalue weighted by molar-refractivity contribution is 7.89. The molecule has 1 unspecified atom stereocenters. The van der Waals surface area contributed by atoms with Crippen LogP contribution in [0.2, 0.25) is 0 Å². The summed E-state index contributed by atoms with van der Waals surface area (Å²) in [6.07, 6.45) is 1.12. The van der Waals surface area contributed by atoms with Gasteiger partial charge in [0.15, 0.2) is 11.3 Å². The molecule has 0 radical (unpaired) electrons. The van der Waals surface area contributed by atoms with Gasteiger partial charge in [0.2, 0.25) is 15.9 Å². The monoisotopic (exact) mass is 456 g/mol. The van der Waals surface area contributed by atoms with Gasteiger partial charge in [0, 0.05) is 11.9 Å². The number of rotatable bonds is 7. The predicted molar refractivity (Wildman–Crippen MR) is 122 cm³/mol. The number of ether oxygens (including phenoxy) is 1. The van der Waals surface area contributed by atoms with Crippen LogP contribution in [0.3, 0.4) is 0 Å². The highest BCUT2D eigenvalue weighted by Gasteiger charge is 2.39. The molecule has 1 amide bonds. The van der Waals surface area contributed by atoms with E-state index in [0.717, 1.165) is 10.9 Å². The van der Waals surface area contributed by atoms with Crippen LogP contribution in [0.5, 0.6) is 5.75 Å². The van der Waals surface area contributed by atoms with Crippen molar-refractivity contribution >= 4 is 26.9 Å². The number of hydrogen-bond acceptors (Lipinski definition) is 5. The lowest BCUT2D eigenvalue weighted by atomic mass is 10.1. The fourth-order valence-corrected chi connectivity index (χ4v) is 5.71. The first-order chi connectivity index (χ1) is 15.3. The van der Waals surface area contributed by atoms with Crippen LogP contribution in [-0.4, -0.2) is 37.8 Å². The Balaban J connectivity index is 1.52. The van der Waals surface area contributed by atoms with Crippen molar-refractivity contribution in [3.63, 3.8) is 0 Å². The molecular formula is C24H28N2O5S. The number of nitrogens with one attached hydrogen (secondary N) is 1. The number of fused-ring (bicyclic) bond motifs is 1. The van der Waals surface area contributed by atoms with Gasteiger partial charge in [0.1, 0.15) is 11.8 Å². The highest BCUT2D eigenvalue weighted by Crippen LogP contribution is 2.32. The number of hydrogen-bond donors (Lipinski definition) is 1. The Kier molecular flexibility index (Phi) is 6.26. The lowest BCUT2D eigenvalue weighted by Crippen LogP contribution is -2.46. The van der Waals surface area contributed by atoms with Gasteiger partial charge in [-0.25, -0.2) is 8.42 Å². The SMILES string of the molecule is CCOc1cccc2cc(C(C)NC(=O)[C@@H]3CCCN3S(=O)(=O)c3ccc(C)cc3)oc12. The number of nitrogens with zero attached hydrogens (tertiary/aromatic N) is 1. The van der Waals surface area contributed by atoms with Crippen molar-refractivity contribution in [1.82, 2.24) is 9.62 Å². The molecule has 32 heavy (non-hydrogen) atoms. The summed E-state index contributed by atoms with van der Waals surface area (Å²) in [5, 5.41) is 3.82. The van der Waals surface area contributed by atoms with Crippen LogP contribution in [0, 0.1) is 6.92 Å². The Bertz CT molecular complexity index is 1220. The molecule has 1 saturated heterocycles. The van der Waals surface area contributed by atoms with E-state index >= 15 is 0 Å². The summed E-state index contributed by atoms with van der Waals surface area (Å²) in [6.45, 7) is 6.48. The van der Waals surface area contributed by atoms with Crippen molar-refractivity contribution in [2.24, 2.45) is 0 Å². The van der Waals surface area contributed by atoms with Crippen LogP contribution in [-0.2, 0) is 14.8 Å². The molecule has 0 spiro atoms. The molecule has 7 nitrogen and oxygen atoms in total. The maximum absolute atomic E-state index is 13.1. The van der Waals surface area contributed by atoms with E-state index in [1.807, 2.05) is 45.0 Å². The van der Waals surface area contributed by atoms with Crippen LogP contribution >= 0.6 is 0 Å². The zero-order valence-corrected chi connectivity index (χ0v) is 19.3. The van der Waals surface area contributed by atoms with Gasteiger partial charge < -0.3 is 14.5 Å². The van der Waals surface area contributed by atoms with Crippen molar-refractivity contribution in [3.05, 3.63) is 59.9 Å². The van der Waals surface area contributed by atoms with Gasteiger partial charge in [-0.1, -0.05) is 29.8 Å². The van der Waals surface area contributed by atoms with Crippen LogP contribution in [0.4, 0.5) is 0 Å². The van der Waals surface area contributed by atoms with Gasteiger partial charge in [-0.2, -0.15) is 4.31 Å². The van der Waals surface area contributed by atoms with Gasteiger partial charge >= 0.3 is 0 Å². The number of carbonyl (C=O) groups is 1. The first-order valence-electron chi connectivity index (χ1n) is 10.9. The predicted octanol–water partition coefficient (Wildman–Crippen LogP) is 4.17. The molecule has 1 fully saturated rings. The Morgan fingerprint density at radius 2 is 2.00 bits per heavy atom. The highest BCUT2D eigenvalue weighted by atomic mass is 32.2. The molecular weight excluding hydrogens is 428 g/mol. The van der Waals surface area contributed by atoms with E-state index in [2.05, 4.69) is 5.32 Å². The van der Waals surface area contributed by atoms with E-state index in [9.17, 15) is 13.2 Å². The van der Waals surface area contributed by atoms with E-state index in [-0.39, 0.29) is 10.8 Å². The van der Waals surface area contributed by atoms with Gasteiger partial charge in [-0.3, -0.25) is 4.79 Å². The number of furan rings is 1. The Hall–Kier alpha value is -2.84. The third kappa shape index (κ3) is 4.25. The molecule has 2 heterocycles. The summed E-state index contributed by atoms with van der Waals surface area (Å²) in [7, 11) is -3.75. The Labute approximate surface area is 188 Å². The van der Waals surface area contributed by atoms with Crippen molar-refractivity contribution < 1.29 is 22.4 Å². The summed E-state index contributed by atoms with van der Waals surface area (Å²) in [5.74, 6) is 0.920. The average Bonchev–Trinajstić information content (AvgIpc) is 3.43. The Morgan fingerprint density at radius 3 is 2.72 bits per heavy atom. The number of amides is 1. The summed E-state index contributed by atoms with van der Waals surface area (Å²) in [5.41, 5.74) is 1.61. The Morgan fingerprint density at radius 1 is 1.25 bits per heavy atom. The number of benzene rings is 2. The normalized spacial score (nSPS) is 18.0. The molecule has 8 heteroatoms. The molecule has 4 rings (SSSR count). The summed E-state index contributed by atoms with van der Waals surface area (Å²) in [4.78, 5) is 13.3. The van der Waals surface area contributed by atoms with Gasteiger partial charge in [-0.15, -0.1) is 0 Å². The standard InChI is InChI=1S/C24H28N2O5S/c1-4-30-21-9-5-7-18-15-22(31-23(18)21)17(3)25-24(27)20-8-6-14-26(20)32(28,29)19-12-10-16(2)11-13-19/h5,7,9-13,15,17,20H,4,6,8,14H2,1-3H3,(H,25,27)/t17?,20-/m0/s1. The molecule has 170 valence electrons. The van der Waals surface area contributed by atoms with Crippen LogP contribution in [0.25, 0.3) is 11.0 Å². The first-order valence-corrected chi connectivity index (χ1v) is 12.3. The molecule has 0 saturated carbocycles. The van der Waals surface area contributed by atoms with Crippen molar-refractivity contribution in [3.8, 4) is 5.75 Å². The van der Waals surface area contributed by atoms with Crippen LogP contribution in [0.1, 0.15) is 44.1 Å². The van der Waals surface area contributed by atoms with E-state index in [1.54, 1.807) is 24.3 Å². The van der Waals surface area contributed by atoms with E-state index in [4.69, 9.17) is 9.15 Å². The topological polar surface area (TPSA) is 88.9 Å². The van der Waals surface area contributed by atoms with E-state index in [1.165, 1.54) is 4.31 Å². The molecule has 2 atom stereocenters.